The average Bonchev–Trinajstić information content (AvgIpc) is 3.66. The first kappa shape index (κ1) is 37.6. The summed E-state index contributed by atoms with van der Waals surface area (Å²) in [7, 11) is 0. The summed E-state index contributed by atoms with van der Waals surface area (Å²) in [6.45, 7) is 5.10. The Hall–Kier alpha value is -4.11. The molecule has 0 unspecified atom stereocenters. The van der Waals surface area contributed by atoms with Gasteiger partial charge < -0.3 is 34.7 Å². The number of hydrogen-bond donors (Lipinski definition) is 3. The highest BCUT2D eigenvalue weighted by Gasteiger charge is 2.55. The van der Waals surface area contributed by atoms with Crippen LogP contribution in [0.2, 0.25) is 0 Å². The molecular formula is C40H43IN2O9. The number of carbonyl (C=O) groups excluding carboxylic acids is 4. The highest BCUT2D eigenvalue weighted by molar-refractivity contribution is 14.1. The predicted octanol–water partition coefficient (Wildman–Crippen LogP) is 4.95. The molecule has 2 amide bonds. The van der Waals surface area contributed by atoms with E-state index in [2.05, 4.69) is 45.4 Å². The quantitative estimate of drug-likeness (QED) is 0.181. The van der Waals surface area contributed by atoms with E-state index >= 15 is 0 Å². The molecule has 3 aromatic carbocycles. The van der Waals surface area contributed by atoms with Gasteiger partial charge in [-0.1, -0.05) is 42.5 Å². The number of aliphatic hydroxyl groups is 1. The van der Waals surface area contributed by atoms with Crippen LogP contribution in [0.3, 0.4) is 0 Å². The number of benzene rings is 3. The number of halogens is 1. The molecule has 3 aliphatic rings. The number of ether oxygens (including phenoxy) is 4. The smallest absolute Gasteiger partial charge is 0.338 e. The molecule has 1 aliphatic heterocycles. The van der Waals surface area contributed by atoms with Crippen LogP contribution in [0.4, 0.5) is 0 Å². The van der Waals surface area contributed by atoms with E-state index in [1.54, 1.807) is 69.3 Å². The van der Waals surface area contributed by atoms with Crippen LogP contribution in [0.5, 0.6) is 0 Å². The summed E-state index contributed by atoms with van der Waals surface area (Å²) in [6.07, 6.45) is 1.28. The predicted molar refractivity (Wildman–Crippen MR) is 199 cm³/mol. The summed E-state index contributed by atoms with van der Waals surface area (Å²) in [5.41, 5.74) is 3.48. The lowest BCUT2D eigenvalue weighted by Crippen LogP contribution is -2.43. The molecule has 1 saturated heterocycles. The van der Waals surface area contributed by atoms with E-state index in [1.165, 1.54) is 0 Å². The molecule has 1 heterocycles. The number of amides is 2. The van der Waals surface area contributed by atoms with Crippen LogP contribution in [-0.2, 0) is 47.9 Å². The number of fused-ring (bicyclic) bond motifs is 2. The van der Waals surface area contributed by atoms with Gasteiger partial charge in [0.1, 0.15) is 23.9 Å². The molecule has 0 saturated carbocycles. The Morgan fingerprint density at radius 2 is 1.65 bits per heavy atom. The van der Waals surface area contributed by atoms with Crippen LogP contribution in [0.25, 0.3) is 0 Å². The number of nitrogens with one attached hydrogen (secondary N) is 2. The summed E-state index contributed by atoms with van der Waals surface area (Å²) in [4.78, 5) is 52.1. The first-order chi connectivity index (χ1) is 24.8. The summed E-state index contributed by atoms with van der Waals surface area (Å²) in [5, 5.41) is 15.5. The number of hydrogen-bond acceptors (Lipinski definition) is 9. The number of esters is 2. The molecule has 1 fully saturated rings. The van der Waals surface area contributed by atoms with Crippen LogP contribution < -0.4 is 10.6 Å². The van der Waals surface area contributed by atoms with Crippen molar-refractivity contribution < 1.29 is 43.2 Å². The molecule has 12 heteroatoms. The van der Waals surface area contributed by atoms with Crippen molar-refractivity contribution in [1.82, 2.24) is 10.6 Å². The third-order valence-electron chi connectivity index (χ3n) is 9.14. The zero-order valence-corrected chi connectivity index (χ0v) is 31.5. The van der Waals surface area contributed by atoms with Gasteiger partial charge >= 0.3 is 11.9 Å². The van der Waals surface area contributed by atoms with Crippen LogP contribution in [0, 0.1) is 3.57 Å². The Bertz CT molecular complexity index is 1840. The van der Waals surface area contributed by atoms with Gasteiger partial charge in [0.2, 0.25) is 5.91 Å². The van der Waals surface area contributed by atoms with Crippen molar-refractivity contribution in [2.45, 2.75) is 95.2 Å². The molecule has 0 bridgehead atoms. The van der Waals surface area contributed by atoms with Gasteiger partial charge in [0.25, 0.3) is 5.91 Å². The van der Waals surface area contributed by atoms with Crippen molar-refractivity contribution in [2.75, 3.05) is 6.61 Å². The normalized spacial score (nSPS) is 20.6. The zero-order valence-electron chi connectivity index (χ0n) is 29.4. The summed E-state index contributed by atoms with van der Waals surface area (Å²) in [6, 6.07) is 21.3. The second kappa shape index (κ2) is 15.9. The molecule has 0 radical (unpaired) electrons. The van der Waals surface area contributed by atoms with Gasteiger partial charge in [-0.2, -0.15) is 0 Å². The Balaban J connectivity index is 1.11. The SMILES string of the molecule is CC(C)(C)OC(=O)CC[C@@H](CO)NC(=O)c1cccc(CNC(=O)C2=C[C@H]3OC4(Cc5ccccc5C4)O[C@H]3[C@H](OC(=O)c3cccc(I)c3)C2)c1. The van der Waals surface area contributed by atoms with Crippen LogP contribution >= 0.6 is 22.6 Å². The van der Waals surface area contributed by atoms with Gasteiger partial charge in [-0.25, -0.2) is 4.79 Å². The largest absolute Gasteiger partial charge is 0.460 e. The lowest BCUT2D eigenvalue weighted by Gasteiger charge is -2.30. The van der Waals surface area contributed by atoms with Crippen molar-refractivity contribution in [3.05, 3.63) is 116 Å². The highest BCUT2D eigenvalue weighted by Crippen LogP contribution is 2.45. The van der Waals surface area contributed by atoms with Gasteiger partial charge in [0.05, 0.1) is 18.2 Å². The fourth-order valence-electron chi connectivity index (χ4n) is 6.76. The lowest BCUT2D eigenvalue weighted by molar-refractivity contribution is -0.172. The van der Waals surface area contributed by atoms with E-state index in [4.69, 9.17) is 18.9 Å². The van der Waals surface area contributed by atoms with Gasteiger partial charge in [-0.15, -0.1) is 0 Å². The van der Waals surface area contributed by atoms with E-state index in [0.29, 0.717) is 35.1 Å². The molecule has 4 atom stereocenters. The molecule has 274 valence electrons. The van der Waals surface area contributed by atoms with Crippen molar-refractivity contribution >= 4 is 46.3 Å². The van der Waals surface area contributed by atoms with Gasteiger partial charge in [-0.3, -0.25) is 14.4 Å². The molecule has 0 aromatic heterocycles. The summed E-state index contributed by atoms with van der Waals surface area (Å²) < 4.78 is 25.4. The first-order valence-electron chi connectivity index (χ1n) is 17.4. The van der Waals surface area contributed by atoms with Crippen LogP contribution in [-0.4, -0.2) is 71.2 Å². The lowest BCUT2D eigenvalue weighted by atomic mass is 9.91. The van der Waals surface area contributed by atoms with E-state index in [-0.39, 0.29) is 38.3 Å². The topological polar surface area (TPSA) is 149 Å². The Labute approximate surface area is 316 Å². The van der Waals surface area contributed by atoms with Crippen molar-refractivity contribution in [2.24, 2.45) is 0 Å². The summed E-state index contributed by atoms with van der Waals surface area (Å²) >= 11 is 2.14. The molecular weight excluding hydrogens is 779 g/mol. The van der Waals surface area contributed by atoms with Gasteiger partial charge in [0, 0.05) is 46.9 Å². The monoisotopic (exact) mass is 822 g/mol. The summed E-state index contributed by atoms with van der Waals surface area (Å²) in [5.74, 6) is -2.61. The van der Waals surface area contributed by atoms with E-state index in [9.17, 15) is 24.3 Å². The maximum absolute atomic E-state index is 13.7. The van der Waals surface area contributed by atoms with Crippen LogP contribution in [0.15, 0.2) is 84.4 Å². The minimum absolute atomic E-state index is 0.0454. The fourth-order valence-corrected chi connectivity index (χ4v) is 7.31. The van der Waals surface area contributed by atoms with Gasteiger partial charge in [0.15, 0.2) is 5.79 Å². The first-order valence-corrected chi connectivity index (χ1v) is 18.5. The second-order valence-corrected chi connectivity index (χ2v) is 15.7. The Morgan fingerprint density at radius 1 is 0.942 bits per heavy atom. The maximum atomic E-state index is 13.7. The third-order valence-corrected chi connectivity index (χ3v) is 9.81. The number of carbonyl (C=O) groups is 4. The number of aliphatic hydroxyl groups excluding tert-OH is 1. The van der Waals surface area contributed by atoms with E-state index in [1.807, 2.05) is 18.2 Å². The molecule has 52 heavy (non-hydrogen) atoms. The Kier molecular flexibility index (Phi) is 11.5. The van der Waals surface area contributed by atoms with Crippen molar-refractivity contribution in [1.29, 1.82) is 0 Å². The number of rotatable bonds is 11. The zero-order chi connectivity index (χ0) is 37.0. The van der Waals surface area contributed by atoms with E-state index in [0.717, 1.165) is 14.7 Å². The molecule has 2 aliphatic carbocycles. The fraction of sp³-hybridized carbons (Fsp3) is 0.400. The van der Waals surface area contributed by atoms with Crippen LogP contribution in [0.1, 0.15) is 77.4 Å². The average molecular weight is 823 g/mol. The molecule has 6 rings (SSSR count). The minimum Gasteiger partial charge on any atom is -0.460 e. The van der Waals surface area contributed by atoms with Crippen molar-refractivity contribution in [3.63, 3.8) is 0 Å². The third kappa shape index (κ3) is 9.27. The molecule has 11 nitrogen and oxygen atoms in total. The Morgan fingerprint density at radius 3 is 2.35 bits per heavy atom. The maximum Gasteiger partial charge on any atom is 0.338 e. The highest BCUT2D eigenvalue weighted by atomic mass is 127. The standard InChI is InChI=1S/C40H43IN2O9/c1-39(2,3)51-34(45)15-14-31(23-44)43-37(47)25-11-6-8-24(16-25)22-42-36(46)29-18-32(49-38(48)26-12-7-13-30(41)17-26)35-33(19-29)50-40(52-35)20-27-9-4-5-10-28(27)21-40/h4-13,16-17,19,31-33,35,44H,14-15,18,20-23H2,1-3H3,(H,42,46)(H,43,47)/t31-,32+,33+,35-/m0/s1. The van der Waals surface area contributed by atoms with Gasteiger partial charge in [-0.05, 0) is 103 Å². The van der Waals surface area contributed by atoms with E-state index < -0.39 is 53.6 Å². The minimum atomic E-state index is -0.917. The molecule has 3 N–H and O–H groups in total. The van der Waals surface area contributed by atoms with Crippen molar-refractivity contribution in [3.8, 4) is 0 Å². The molecule has 1 spiro atoms. The second-order valence-electron chi connectivity index (χ2n) is 14.4. The molecule has 3 aromatic rings.